The largest absolute Gasteiger partial charge is 0.508 e. The fourth-order valence-electron chi connectivity index (χ4n) is 9.79. The number of ether oxygens (including phenoxy) is 8. The Balaban J connectivity index is 0.736. The van der Waals surface area contributed by atoms with E-state index in [1.807, 2.05) is 0 Å². The fraction of sp³-hybridized carbons (Fsp3) is 0.580. The second-order valence-corrected chi connectivity index (χ2v) is 19.5. The first kappa shape index (κ1) is 57.2. The van der Waals surface area contributed by atoms with Crippen LogP contribution in [0.4, 0.5) is 5.69 Å². The molecular formula is C50H65N3O22S. The molecule has 5 aliphatic heterocycles. The summed E-state index contributed by atoms with van der Waals surface area (Å²) in [6, 6.07) is 14.1. The fourth-order valence-corrected chi connectivity index (χ4v) is 10.0. The number of anilines is 1. The van der Waals surface area contributed by atoms with Crippen LogP contribution in [0.1, 0.15) is 72.0 Å². The number of esters is 1. The lowest BCUT2D eigenvalue weighted by Gasteiger charge is -2.46. The predicted octanol–water partition coefficient (Wildman–Crippen LogP) is -1.74. The van der Waals surface area contributed by atoms with E-state index in [9.17, 15) is 70.9 Å². The number of carbonyl (C=O) groups is 2. The highest BCUT2D eigenvalue weighted by Crippen LogP contribution is 2.57. The molecule has 3 fully saturated rings. The van der Waals surface area contributed by atoms with Crippen LogP contribution in [-0.2, 0) is 43.6 Å². The van der Waals surface area contributed by atoms with Gasteiger partial charge >= 0.3 is 5.97 Å². The molecule has 418 valence electrons. The number of aromatic hydroxyl groups is 2. The van der Waals surface area contributed by atoms with E-state index >= 15 is 0 Å². The Morgan fingerprint density at radius 3 is 1.80 bits per heavy atom. The number of unbranched alkanes of at least 4 members (excludes halogenated alkanes) is 5. The van der Waals surface area contributed by atoms with Crippen molar-refractivity contribution >= 4 is 34.9 Å². The van der Waals surface area contributed by atoms with Gasteiger partial charge in [-0.25, -0.2) is 4.79 Å². The topological polar surface area (TPSA) is 387 Å². The molecule has 3 aromatic rings. The van der Waals surface area contributed by atoms with Crippen LogP contribution < -0.4 is 20.7 Å². The summed E-state index contributed by atoms with van der Waals surface area (Å²) < 4.78 is 45.9. The molecule has 8 rings (SSSR count). The molecule has 3 aromatic carbocycles. The van der Waals surface area contributed by atoms with Gasteiger partial charge in [-0.05, 0) is 61.5 Å². The predicted molar refractivity (Wildman–Crippen MR) is 263 cm³/mol. The number of fused-ring (bicyclic) bond motifs is 6. The van der Waals surface area contributed by atoms with Gasteiger partial charge in [0.2, 0.25) is 5.91 Å². The van der Waals surface area contributed by atoms with E-state index in [4.69, 9.17) is 50.1 Å². The minimum atomic E-state index is -1.88. The maximum atomic E-state index is 13.5. The summed E-state index contributed by atoms with van der Waals surface area (Å²) in [6.45, 7) is -1.41. The summed E-state index contributed by atoms with van der Waals surface area (Å²) in [6.07, 6.45) is -20.1. The highest BCUT2D eigenvalue weighted by Gasteiger charge is 2.55. The molecule has 5 aliphatic rings. The molecule has 15 N–H and O–H groups in total. The molecule has 26 heteroatoms. The number of aliphatic hydroxyl groups is 10. The number of benzene rings is 3. The van der Waals surface area contributed by atoms with E-state index < -0.39 is 124 Å². The second kappa shape index (κ2) is 25.2. The molecular weight excluding hydrogens is 1030 g/mol. The number of phenols is 2. The van der Waals surface area contributed by atoms with Crippen molar-refractivity contribution in [2.45, 2.75) is 143 Å². The molecule has 5 heterocycles. The average Bonchev–Trinajstić information content (AvgIpc) is 3.91. The van der Waals surface area contributed by atoms with Gasteiger partial charge in [-0.15, -0.1) is 0 Å². The van der Waals surface area contributed by atoms with Crippen molar-refractivity contribution in [3.63, 3.8) is 0 Å². The average molecular weight is 1090 g/mol. The highest BCUT2D eigenvalue weighted by atomic mass is 32.1. The van der Waals surface area contributed by atoms with Gasteiger partial charge in [-0.3, -0.25) is 4.79 Å². The van der Waals surface area contributed by atoms with Crippen LogP contribution in [0.5, 0.6) is 23.0 Å². The van der Waals surface area contributed by atoms with Gasteiger partial charge in [0.1, 0.15) is 96.2 Å². The standard InChI is InChI=1S/C50H65N3O22S/c54-20-32-36(59)39(62)41(64)46(71-32)69-22-34-38(61)44(74-48-42(65)40(63)37(60)33(21-55)72-48)43(66)47(73-34)68-16-6-4-2-1-3-5-7-35(58)51-14-15-52-49(76)53-23-8-11-27-26(17-23)45(67)75-50(27)28-12-9-24(56)18-30(28)70-31-19-25(57)10-13-29(31)50/h8-13,17-19,32-34,36-44,46-48,54-57,59-66H,1-7,14-16,20-22H2,(H,51,58)(H2,52,53,76)/t32-,33-,34-,36-,37-,38-,39+,40+,41+,42+,43+,44+,46+,47+,48-/m1/s1. The molecule has 15 atom stereocenters. The van der Waals surface area contributed by atoms with Crippen LogP contribution >= 0.6 is 12.2 Å². The lowest BCUT2D eigenvalue weighted by molar-refractivity contribution is -0.366. The number of rotatable bonds is 21. The van der Waals surface area contributed by atoms with Gasteiger partial charge in [-0.2, -0.15) is 0 Å². The van der Waals surface area contributed by atoms with E-state index in [0.717, 1.165) is 19.3 Å². The SMILES string of the molecule is O=C(CCCCCCCCO[C@H]1O[C@H](CO[C@H]2O[C@H](CO)[C@@H](O)[C@H](O)[C@@H]2O)[C@@H](O)[C@H](O[C@H]2O[C@H](CO)[C@@H](O)[C@H](O)[C@@H]2O)[C@@H]1O)NCCNC(=S)Nc1ccc2c(c1)C(=O)OC21c2ccc(O)cc2Oc2cc(O)ccc21. The van der Waals surface area contributed by atoms with Crippen LogP contribution in [0.2, 0.25) is 0 Å². The minimum Gasteiger partial charge on any atom is -0.508 e. The van der Waals surface area contributed by atoms with Gasteiger partial charge in [0.15, 0.2) is 29.6 Å². The van der Waals surface area contributed by atoms with Crippen molar-refractivity contribution < 1.29 is 109 Å². The van der Waals surface area contributed by atoms with Crippen molar-refractivity contribution in [2.75, 3.05) is 44.8 Å². The molecule has 0 aliphatic carbocycles. The lowest BCUT2D eigenvalue weighted by atomic mass is 9.77. The van der Waals surface area contributed by atoms with Crippen molar-refractivity contribution in [3.8, 4) is 23.0 Å². The number of carbonyl (C=O) groups excluding carboxylic acids is 2. The van der Waals surface area contributed by atoms with Crippen molar-refractivity contribution in [1.82, 2.24) is 10.6 Å². The van der Waals surface area contributed by atoms with E-state index in [1.165, 1.54) is 24.3 Å². The number of phenolic OH excluding ortho intramolecular Hbond substituents is 2. The molecule has 1 spiro atoms. The van der Waals surface area contributed by atoms with Crippen molar-refractivity contribution in [1.29, 1.82) is 0 Å². The Kier molecular flexibility index (Phi) is 19.0. The molecule has 0 aromatic heterocycles. The quantitative estimate of drug-likeness (QED) is 0.0320. The van der Waals surface area contributed by atoms with Crippen LogP contribution in [0.25, 0.3) is 0 Å². The summed E-state index contributed by atoms with van der Waals surface area (Å²) >= 11 is 5.48. The zero-order valence-corrected chi connectivity index (χ0v) is 41.7. The molecule has 0 unspecified atom stereocenters. The van der Waals surface area contributed by atoms with Gasteiger partial charge < -0.3 is 115 Å². The third-order valence-electron chi connectivity index (χ3n) is 13.9. The number of aliphatic hydroxyl groups excluding tert-OH is 10. The first-order valence-corrected chi connectivity index (χ1v) is 25.4. The third kappa shape index (κ3) is 12.3. The molecule has 1 amide bonds. The Bertz CT molecular complexity index is 2440. The van der Waals surface area contributed by atoms with E-state index in [0.29, 0.717) is 54.6 Å². The van der Waals surface area contributed by atoms with Crippen molar-refractivity contribution in [2.24, 2.45) is 0 Å². The van der Waals surface area contributed by atoms with Gasteiger partial charge in [0.05, 0.1) is 25.4 Å². The Labute approximate surface area is 440 Å². The summed E-state index contributed by atoms with van der Waals surface area (Å²) in [5, 5.41) is 133. The summed E-state index contributed by atoms with van der Waals surface area (Å²) in [7, 11) is 0. The van der Waals surface area contributed by atoms with Gasteiger partial charge in [-0.1, -0.05) is 31.7 Å². The number of thiocarbonyl (C=S) groups is 1. The normalized spacial score (nSPS) is 31.3. The second-order valence-electron chi connectivity index (χ2n) is 19.1. The van der Waals surface area contributed by atoms with Crippen LogP contribution in [-0.4, -0.2) is 210 Å². The number of nitrogens with one attached hydrogen (secondary N) is 3. The molecule has 0 saturated carbocycles. The minimum absolute atomic E-state index is 0.0521. The maximum Gasteiger partial charge on any atom is 0.340 e. The smallest absolute Gasteiger partial charge is 0.340 e. The van der Waals surface area contributed by atoms with Gasteiger partial charge in [0, 0.05) is 60.6 Å². The van der Waals surface area contributed by atoms with Crippen LogP contribution in [0, 0.1) is 0 Å². The zero-order chi connectivity index (χ0) is 54.4. The van der Waals surface area contributed by atoms with Gasteiger partial charge in [0.25, 0.3) is 0 Å². The van der Waals surface area contributed by atoms with Crippen molar-refractivity contribution in [3.05, 3.63) is 76.9 Å². The lowest BCUT2D eigenvalue weighted by Crippen LogP contribution is -2.65. The van der Waals surface area contributed by atoms with E-state index in [1.54, 1.807) is 30.3 Å². The number of hydrogen-bond acceptors (Lipinski definition) is 23. The summed E-state index contributed by atoms with van der Waals surface area (Å²) in [5.41, 5.74) is 0.924. The molecule has 0 bridgehead atoms. The molecule has 0 radical (unpaired) electrons. The monoisotopic (exact) mass is 1090 g/mol. The van der Waals surface area contributed by atoms with Crippen LogP contribution in [0.3, 0.4) is 0 Å². The Morgan fingerprint density at radius 2 is 1.16 bits per heavy atom. The Morgan fingerprint density at radius 1 is 0.605 bits per heavy atom. The summed E-state index contributed by atoms with van der Waals surface area (Å²) in [4.78, 5) is 26.0. The summed E-state index contributed by atoms with van der Waals surface area (Å²) in [5.74, 6) is -0.302. The zero-order valence-electron chi connectivity index (χ0n) is 40.9. The van der Waals surface area contributed by atoms with E-state index in [2.05, 4.69) is 16.0 Å². The first-order chi connectivity index (χ1) is 36.4. The highest BCUT2D eigenvalue weighted by molar-refractivity contribution is 7.80. The molecule has 25 nitrogen and oxygen atoms in total. The number of amides is 1. The van der Waals surface area contributed by atoms with Crippen LogP contribution in [0.15, 0.2) is 54.6 Å². The number of hydrogen-bond donors (Lipinski definition) is 15. The third-order valence-corrected chi connectivity index (χ3v) is 14.1. The molecule has 3 saturated heterocycles. The molecule has 76 heavy (non-hydrogen) atoms. The first-order valence-electron chi connectivity index (χ1n) is 25.0. The Hall–Kier alpha value is -4.95. The van der Waals surface area contributed by atoms with E-state index in [-0.39, 0.29) is 52.7 Å². The maximum absolute atomic E-state index is 13.5.